The summed E-state index contributed by atoms with van der Waals surface area (Å²) in [5, 5.41) is 11.9. The summed E-state index contributed by atoms with van der Waals surface area (Å²) in [5.74, 6) is 0.560. The SMILES string of the molecule is CC(C)(C)c1ccc(CSc2nnc(NC(=O)c3cccc(Cl)c3)s2)cc1. The lowest BCUT2D eigenvalue weighted by atomic mass is 9.87. The predicted octanol–water partition coefficient (Wildman–Crippen LogP) is 6.03. The zero-order chi connectivity index (χ0) is 19.4. The highest BCUT2D eigenvalue weighted by atomic mass is 35.5. The van der Waals surface area contributed by atoms with Crippen LogP contribution in [0.2, 0.25) is 5.02 Å². The second-order valence-electron chi connectivity index (χ2n) is 7.07. The summed E-state index contributed by atoms with van der Waals surface area (Å²) in [6, 6.07) is 15.4. The van der Waals surface area contributed by atoms with Gasteiger partial charge >= 0.3 is 0 Å². The Bertz CT molecular complexity index is 933. The van der Waals surface area contributed by atoms with Crippen LogP contribution < -0.4 is 5.32 Å². The van der Waals surface area contributed by atoms with Crippen molar-refractivity contribution >= 4 is 45.7 Å². The van der Waals surface area contributed by atoms with Gasteiger partial charge in [0.25, 0.3) is 5.91 Å². The van der Waals surface area contributed by atoms with Gasteiger partial charge in [-0.15, -0.1) is 10.2 Å². The minimum Gasteiger partial charge on any atom is -0.296 e. The number of nitrogens with one attached hydrogen (secondary N) is 1. The fourth-order valence-electron chi connectivity index (χ4n) is 2.36. The third kappa shape index (κ3) is 5.54. The average molecular weight is 418 g/mol. The number of hydrogen-bond donors (Lipinski definition) is 1. The largest absolute Gasteiger partial charge is 0.296 e. The molecule has 1 N–H and O–H groups in total. The Kier molecular flexibility index (Phi) is 6.19. The van der Waals surface area contributed by atoms with Crippen molar-refractivity contribution in [1.82, 2.24) is 10.2 Å². The smallest absolute Gasteiger partial charge is 0.257 e. The second-order valence-corrected chi connectivity index (χ2v) is 9.71. The summed E-state index contributed by atoms with van der Waals surface area (Å²) >= 11 is 8.89. The molecule has 0 atom stereocenters. The molecule has 0 aliphatic rings. The standard InChI is InChI=1S/C20H20ClN3OS2/c1-20(2,3)15-9-7-13(8-10-15)12-26-19-24-23-18(27-19)22-17(25)14-5-4-6-16(21)11-14/h4-11H,12H2,1-3H3,(H,22,23,25). The van der Waals surface area contributed by atoms with Gasteiger partial charge in [-0.05, 0) is 34.7 Å². The second kappa shape index (κ2) is 8.42. The molecule has 0 spiro atoms. The van der Waals surface area contributed by atoms with Crippen LogP contribution in [0.4, 0.5) is 5.13 Å². The number of rotatable bonds is 5. The number of thioether (sulfide) groups is 1. The van der Waals surface area contributed by atoms with Crippen molar-refractivity contribution in [3.63, 3.8) is 0 Å². The number of carbonyl (C=O) groups excluding carboxylic acids is 1. The molecule has 27 heavy (non-hydrogen) atoms. The van der Waals surface area contributed by atoms with Crippen LogP contribution in [0.25, 0.3) is 0 Å². The highest BCUT2D eigenvalue weighted by molar-refractivity contribution is 8.00. The lowest BCUT2D eigenvalue weighted by Gasteiger charge is -2.19. The normalized spacial score (nSPS) is 11.4. The number of hydrogen-bond acceptors (Lipinski definition) is 5. The number of nitrogens with zero attached hydrogens (tertiary/aromatic N) is 2. The average Bonchev–Trinajstić information content (AvgIpc) is 3.07. The number of anilines is 1. The molecule has 3 rings (SSSR count). The quantitative estimate of drug-likeness (QED) is 0.406. The van der Waals surface area contributed by atoms with Crippen LogP contribution in [0, 0.1) is 0 Å². The first kappa shape index (κ1) is 19.9. The van der Waals surface area contributed by atoms with Crippen molar-refractivity contribution in [3.8, 4) is 0 Å². The Hall–Kier alpha value is -1.89. The van der Waals surface area contributed by atoms with Gasteiger partial charge in [0.05, 0.1) is 0 Å². The Morgan fingerprint density at radius 2 is 1.89 bits per heavy atom. The molecule has 0 radical (unpaired) electrons. The van der Waals surface area contributed by atoms with Crippen molar-refractivity contribution in [2.75, 3.05) is 5.32 Å². The van der Waals surface area contributed by atoms with Crippen LogP contribution in [0.1, 0.15) is 42.3 Å². The third-order valence-electron chi connectivity index (χ3n) is 3.90. The molecule has 0 fully saturated rings. The van der Waals surface area contributed by atoms with Crippen molar-refractivity contribution in [2.24, 2.45) is 0 Å². The molecule has 3 aromatic rings. The molecule has 0 saturated carbocycles. The van der Waals surface area contributed by atoms with Gasteiger partial charge in [-0.2, -0.15) is 0 Å². The maximum atomic E-state index is 12.2. The molecule has 1 amide bonds. The fourth-order valence-corrected chi connectivity index (χ4v) is 4.26. The van der Waals surface area contributed by atoms with E-state index in [1.54, 1.807) is 36.0 Å². The lowest BCUT2D eigenvalue weighted by Crippen LogP contribution is -2.11. The Morgan fingerprint density at radius 1 is 1.15 bits per heavy atom. The van der Waals surface area contributed by atoms with E-state index in [-0.39, 0.29) is 11.3 Å². The first-order valence-electron chi connectivity index (χ1n) is 8.44. The predicted molar refractivity (Wildman–Crippen MR) is 114 cm³/mol. The zero-order valence-electron chi connectivity index (χ0n) is 15.3. The van der Waals surface area contributed by atoms with Gasteiger partial charge in [-0.25, -0.2) is 0 Å². The van der Waals surface area contributed by atoms with Crippen molar-refractivity contribution in [2.45, 2.75) is 36.3 Å². The molecule has 4 nitrogen and oxygen atoms in total. The lowest BCUT2D eigenvalue weighted by molar-refractivity contribution is 0.102. The Labute approximate surface area is 172 Å². The third-order valence-corrected chi connectivity index (χ3v) is 6.17. The summed E-state index contributed by atoms with van der Waals surface area (Å²) in [7, 11) is 0. The van der Waals surface area contributed by atoms with E-state index in [1.165, 1.54) is 22.5 Å². The van der Waals surface area contributed by atoms with E-state index in [2.05, 4.69) is 60.6 Å². The fraction of sp³-hybridized carbons (Fsp3) is 0.250. The van der Waals surface area contributed by atoms with E-state index in [0.29, 0.717) is 15.7 Å². The van der Waals surface area contributed by atoms with Gasteiger partial charge < -0.3 is 0 Å². The van der Waals surface area contributed by atoms with Crippen LogP contribution in [-0.2, 0) is 11.2 Å². The first-order chi connectivity index (χ1) is 12.8. The summed E-state index contributed by atoms with van der Waals surface area (Å²) < 4.78 is 0.816. The topological polar surface area (TPSA) is 54.9 Å². The Balaban J connectivity index is 1.57. The van der Waals surface area contributed by atoms with Crippen LogP contribution in [0.15, 0.2) is 52.9 Å². The molecule has 0 unspecified atom stereocenters. The Morgan fingerprint density at radius 3 is 2.56 bits per heavy atom. The van der Waals surface area contributed by atoms with Gasteiger partial charge in [-0.3, -0.25) is 10.1 Å². The van der Waals surface area contributed by atoms with Crippen LogP contribution in [-0.4, -0.2) is 16.1 Å². The highest BCUT2D eigenvalue weighted by Gasteiger charge is 2.14. The highest BCUT2D eigenvalue weighted by Crippen LogP contribution is 2.29. The van der Waals surface area contributed by atoms with E-state index in [1.807, 2.05) is 0 Å². The molecule has 1 heterocycles. The van der Waals surface area contributed by atoms with Gasteiger partial charge in [0.2, 0.25) is 5.13 Å². The minimum atomic E-state index is -0.247. The molecule has 0 aliphatic carbocycles. The number of halogens is 1. The zero-order valence-corrected chi connectivity index (χ0v) is 17.7. The maximum absolute atomic E-state index is 12.2. The van der Waals surface area contributed by atoms with E-state index in [0.717, 1.165) is 10.1 Å². The van der Waals surface area contributed by atoms with Gasteiger partial charge in [0, 0.05) is 16.3 Å². The molecule has 2 aromatic carbocycles. The monoisotopic (exact) mass is 417 g/mol. The molecular weight excluding hydrogens is 398 g/mol. The van der Waals surface area contributed by atoms with Crippen LogP contribution in [0.5, 0.6) is 0 Å². The maximum Gasteiger partial charge on any atom is 0.257 e. The minimum absolute atomic E-state index is 0.154. The summed E-state index contributed by atoms with van der Waals surface area (Å²) in [4.78, 5) is 12.2. The molecule has 0 aliphatic heterocycles. The van der Waals surface area contributed by atoms with Gasteiger partial charge in [0.15, 0.2) is 4.34 Å². The van der Waals surface area contributed by atoms with Crippen LogP contribution in [0.3, 0.4) is 0 Å². The van der Waals surface area contributed by atoms with Gasteiger partial charge in [0.1, 0.15) is 0 Å². The number of amides is 1. The molecule has 7 heteroatoms. The van der Waals surface area contributed by atoms with E-state index in [9.17, 15) is 4.79 Å². The van der Waals surface area contributed by atoms with E-state index in [4.69, 9.17) is 11.6 Å². The molecular formula is C20H20ClN3OS2. The first-order valence-corrected chi connectivity index (χ1v) is 10.6. The molecule has 0 bridgehead atoms. The molecule has 1 aromatic heterocycles. The van der Waals surface area contributed by atoms with Crippen molar-refractivity contribution in [3.05, 3.63) is 70.2 Å². The number of aromatic nitrogens is 2. The van der Waals surface area contributed by atoms with Crippen molar-refractivity contribution < 1.29 is 4.79 Å². The van der Waals surface area contributed by atoms with Crippen molar-refractivity contribution in [1.29, 1.82) is 0 Å². The van der Waals surface area contributed by atoms with Crippen LogP contribution >= 0.6 is 34.7 Å². The van der Waals surface area contributed by atoms with E-state index < -0.39 is 0 Å². The summed E-state index contributed by atoms with van der Waals surface area (Å²) in [5.41, 5.74) is 3.19. The van der Waals surface area contributed by atoms with E-state index >= 15 is 0 Å². The molecule has 0 saturated heterocycles. The molecule has 140 valence electrons. The summed E-state index contributed by atoms with van der Waals surface area (Å²) in [6.45, 7) is 6.62. The number of benzene rings is 2. The summed E-state index contributed by atoms with van der Waals surface area (Å²) in [6.07, 6.45) is 0. The number of carbonyl (C=O) groups is 1. The van der Waals surface area contributed by atoms with Gasteiger partial charge in [-0.1, -0.05) is 85.8 Å².